The van der Waals surface area contributed by atoms with Crippen LogP contribution in [0.25, 0.3) is 0 Å². The van der Waals surface area contributed by atoms with Crippen molar-refractivity contribution in [2.45, 2.75) is 50.7 Å². The number of ether oxygens (including phenoxy) is 1. The van der Waals surface area contributed by atoms with Crippen LogP contribution in [-0.2, 0) is 4.74 Å². The number of urea groups is 1. The summed E-state index contributed by atoms with van der Waals surface area (Å²) in [5, 5.41) is 15.4. The predicted octanol–water partition coefficient (Wildman–Crippen LogP) is 1.02. The van der Waals surface area contributed by atoms with E-state index < -0.39 is 5.60 Å². The molecule has 17 heavy (non-hydrogen) atoms. The Morgan fingerprint density at radius 3 is 2.65 bits per heavy atom. The largest absolute Gasteiger partial charge is 0.386 e. The first-order chi connectivity index (χ1) is 8.03. The Morgan fingerprint density at radius 2 is 2.06 bits per heavy atom. The zero-order valence-corrected chi connectivity index (χ0v) is 10.8. The Bertz CT molecular complexity index is 238. The summed E-state index contributed by atoms with van der Waals surface area (Å²) in [6.45, 7) is 2.04. The third-order valence-electron chi connectivity index (χ3n) is 3.03. The molecule has 1 aliphatic rings. The van der Waals surface area contributed by atoms with Gasteiger partial charge in [-0.15, -0.1) is 0 Å². The van der Waals surface area contributed by atoms with E-state index in [9.17, 15) is 9.90 Å². The van der Waals surface area contributed by atoms with Gasteiger partial charge in [-0.05, 0) is 19.8 Å². The highest BCUT2D eigenvalue weighted by molar-refractivity contribution is 5.74. The van der Waals surface area contributed by atoms with Crippen LogP contribution in [0.3, 0.4) is 0 Å². The van der Waals surface area contributed by atoms with Crippen molar-refractivity contribution in [3.05, 3.63) is 0 Å². The molecule has 0 saturated heterocycles. The highest BCUT2D eigenvalue weighted by Gasteiger charge is 2.22. The maximum absolute atomic E-state index is 11.6. The van der Waals surface area contributed by atoms with Gasteiger partial charge in [0.1, 0.15) is 5.60 Å². The minimum Gasteiger partial charge on any atom is -0.386 e. The molecule has 0 radical (unpaired) electrons. The van der Waals surface area contributed by atoms with Crippen molar-refractivity contribution < 1.29 is 14.6 Å². The minimum atomic E-state index is -1.02. The number of carbonyl (C=O) groups excluding carboxylic acids is 1. The van der Waals surface area contributed by atoms with Crippen molar-refractivity contribution in [3.63, 3.8) is 0 Å². The summed E-state index contributed by atoms with van der Waals surface area (Å²) in [6.07, 6.45) is 5.75. The zero-order valence-electron chi connectivity index (χ0n) is 10.8. The third-order valence-corrected chi connectivity index (χ3v) is 3.03. The second-order valence-corrected chi connectivity index (χ2v) is 5.09. The van der Waals surface area contributed by atoms with Gasteiger partial charge in [0.15, 0.2) is 0 Å². The highest BCUT2D eigenvalue weighted by atomic mass is 16.5. The lowest BCUT2D eigenvalue weighted by Gasteiger charge is -2.25. The SMILES string of the molecule is COCC(C)(O)CNC(=O)NC1CCCCC1. The summed E-state index contributed by atoms with van der Waals surface area (Å²) in [5.74, 6) is 0. The Morgan fingerprint density at radius 1 is 1.41 bits per heavy atom. The fraction of sp³-hybridized carbons (Fsp3) is 0.917. The molecule has 100 valence electrons. The predicted molar refractivity (Wildman–Crippen MR) is 65.9 cm³/mol. The van der Waals surface area contributed by atoms with Gasteiger partial charge in [-0.25, -0.2) is 4.79 Å². The second kappa shape index (κ2) is 6.81. The molecule has 5 nitrogen and oxygen atoms in total. The molecular weight excluding hydrogens is 220 g/mol. The fourth-order valence-corrected chi connectivity index (χ4v) is 2.12. The number of methoxy groups -OCH3 is 1. The van der Waals surface area contributed by atoms with Gasteiger partial charge in [0, 0.05) is 13.2 Å². The number of aliphatic hydroxyl groups is 1. The molecule has 1 saturated carbocycles. The molecular formula is C12H24N2O3. The first kappa shape index (κ1) is 14.3. The molecule has 0 aromatic rings. The Kier molecular flexibility index (Phi) is 5.71. The van der Waals surface area contributed by atoms with Crippen LogP contribution in [-0.4, -0.2) is 43.0 Å². The molecule has 0 bridgehead atoms. The molecule has 1 rings (SSSR count). The van der Waals surface area contributed by atoms with E-state index in [0.717, 1.165) is 12.8 Å². The maximum atomic E-state index is 11.6. The van der Waals surface area contributed by atoms with Gasteiger partial charge in [-0.1, -0.05) is 19.3 Å². The number of rotatable bonds is 5. The van der Waals surface area contributed by atoms with Gasteiger partial charge >= 0.3 is 6.03 Å². The normalized spacial score (nSPS) is 20.6. The van der Waals surface area contributed by atoms with Crippen LogP contribution < -0.4 is 10.6 Å². The van der Waals surface area contributed by atoms with Gasteiger partial charge < -0.3 is 20.5 Å². The molecule has 1 aliphatic carbocycles. The van der Waals surface area contributed by atoms with E-state index >= 15 is 0 Å². The quantitative estimate of drug-likeness (QED) is 0.676. The van der Waals surface area contributed by atoms with E-state index in [1.807, 2.05) is 0 Å². The number of hydrogen-bond donors (Lipinski definition) is 3. The summed E-state index contributed by atoms with van der Waals surface area (Å²) >= 11 is 0. The average Bonchev–Trinajstić information content (AvgIpc) is 2.28. The van der Waals surface area contributed by atoms with Crippen molar-refractivity contribution >= 4 is 6.03 Å². The maximum Gasteiger partial charge on any atom is 0.315 e. The van der Waals surface area contributed by atoms with E-state index in [1.54, 1.807) is 6.92 Å². The van der Waals surface area contributed by atoms with Gasteiger partial charge in [-0.3, -0.25) is 0 Å². The topological polar surface area (TPSA) is 70.6 Å². The molecule has 2 amide bonds. The van der Waals surface area contributed by atoms with E-state index in [0.29, 0.717) is 0 Å². The van der Waals surface area contributed by atoms with Gasteiger partial charge in [-0.2, -0.15) is 0 Å². The lowest BCUT2D eigenvalue weighted by molar-refractivity contribution is -0.0136. The monoisotopic (exact) mass is 244 g/mol. The van der Waals surface area contributed by atoms with E-state index in [-0.39, 0.29) is 25.2 Å². The first-order valence-electron chi connectivity index (χ1n) is 6.29. The zero-order chi connectivity index (χ0) is 12.7. The Hall–Kier alpha value is -0.810. The number of nitrogens with one attached hydrogen (secondary N) is 2. The van der Waals surface area contributed by atoms with Gasteiger partial charge in [0.2, 0.25) is 0 Å². The highest BCUT2D eigenvalue weighted by Crippen LogP contribution is 2.17. The van der Waals surface area contributed by atoms with Crippen LogP contribution in [0.1, 0.15) is 39.0 Å². The van der Waals surface area contributed by atoms with Crippen LogP contribution in [0, 0.1) is 0 Å². The minimum absolute atomic E-state index is 0.194. The van der Waals surface area contributed by atoms with E-state index in [2.05, 4.69) is 10.6 Å². The van der Waals surface area contributed by atoms with Crippen molar-refractivity contribution in [2.75, 3.05) is 20.3 Å². The van der Waals surface area contributed by atoms with Crippen LogP contribution in [0.2, 0.25) is 0 Å². The summed E-state index contributed by atoms with van der Waals surface area (Å²) in [5.41, 5.74) is -1.02. The summed E-state index contributed by atoms with van der Waals surface area (Å²) in [7, 11) is 1.52. The van der Waals surface area contributed by atoms with Crippen molar-refractivity contribution in [3.8, 4) is 0 Å². The molecule has 0 aromatic heterocycles. The smallest absolute Gasteiger partial charge is 0.315 e. The molecule has 0 spiro atoms. The lowest BCUT2D eigenvalue weighted by atomic mass is 9.96. The molecule has 0 aromatic carbocycles. The third kappa shape index (κ3) is 5.89. The molecule has 0 aliphatic heterocycles. The van der Waals surface area contributed by atoms with Crippen LogP contribution >= 0.6 is 0 Å². The van der Waals surface area contributed by atoms with Crippen LogP contribution in [0.15, 0.2) is 0 Å². The van der Waals surface area contributed by atoms with Gasteiger partial charge in [0.25, 0.3) is 0 Å². The molecule has 1 atom stereocenters. The van der Waals surface area contributed by atoms with Crippen LogP contribution in [0.4, 0.5) is 4.79 Å². The first-order valence-corrected chi connectivity index (χ1v) is 6.29. The molecule has 5 heteroatoms. The molecule has 1 fully saturated rings. The fourth-order valence-electron chi connectivity index (χ4n) is 2.12. The second-order valence-electron chi connectivity index (χ2n) is 5.09. The molecule has 0 heterocycles. The van der Waals surface area contributed by atoms with Crippen molar-refractivity contribution in [2.24, 2.45) is 0 Å². The Labute approximate surface area is 103 Å². The number of amides is 2. The van der Waals surface area contributed by atoms with Crippen molar-refractivity contribution in [1.82, 2.24) is 10.6 Å². The summed E-state index contributed by atoms with van der Waals surface area (Å²) < 4.78 is 4.87. The summed E-state index contributed by atoms with van der Waals surface area (Å²) in [6, 6.07) is 0.0874. The van der Waals surface area contributed by atoms with Gasteiger partial charge in [0.05, 0.1) is 13.2 Å². The molecule has 1 unspecified atom stereocenters. The lowest BCUT2D eigenvalue weighted by Crippen LogP contribution is -2.49. The molecule has 3 N–H and O–H groups in total. The summed E-state index contributed by atoms with van der Waals surface area (Å²) in [4.78, 5) is 11.6. The van der Waals surface area contributed by atoms with Crippen LogP contribution in [0.5, 0.6) is 0 Å². The van der Waals surface area contributed by atoms with Crippen molar-refractivity contribution in [1.29, 1.82) is 0 Å². The standard InChI is InChI=1S/C12H24N2O3/c1-12(16,9-17-2)8-13-11(15)14-10-6-4-3-5-7-10/h10,16H,3-9H2,1-2H3,(H2,13,14,15). The number of carbonyl (C=O) groups is 1. The average molecular weight is 244 g/mol. The Balaban J connectivity index is 2.20. The number of hydrogen-bond acceptors (Lipinski definition) is 3. The van der Waals surface area contributed by atoms with E-state index in [1.165, 1.54) is 26.4 Å². The van der Waals surface area contributed by atoms with E-state index in [4.69, 9.17) is 4.74 Å².